The van der Waals surface area contributed by atoms with E-state index in [4.69, 9.17) is 0 Å². The average molecular weight is 258 g/mol. The van der Waals surface area contributed by atoms with Gasteiger partial charge in [-0.15, -0.1) is 0 Å². The number of benzene rings is 1. The maximum atomic E-state index is 3.48. The van der Waals surface area contributed by atoms with Crippen molar-refractivity contribution in [1.82, 2.24) is 10.2 Å². The van der Waals surface area contributed by atoms with E-state index in [1.165, 1.54) is 50.8 Å². The Morgan fingerprint density at radius 3 is 2.58 bits per heavy atom. The van der Waals surface area contributed by atoms with Crippen molar-refractivity contribution >= 4 is 0 Å². The van der Waals surface area contributed by atoms with Crippen molar-refractivity contribution in [2.45, 2.75) is 38.1 Å². The van der Waals surface area contributed by atoms with Gasteiger partial charge in [0.25, 0.3) is 0 Å². The van der Waals surface area contributed by atoms with Gasteiger partial charge in [0.15, 0.2) is 0 Å². The fourth-order valence-corrected chi connectivity index (χ4v) is 3.93. The molecule has 2 heteroatoms. The Labute approximate surface area is 117 Å². The van der Waals surface area contributed by atoms with Crippen molar-refractivity contribution < 1.29 is 0 Å². The van der Waals surface area contributed by atoms with E-state index in [2.05, 4.69) is 42.5 Å². The van der Waals surface area contributed by atoms with Gasteiger partial charge in [0.05, 0.1) is 0 Å². The molecule has 104 valence electrons. The summed E-state index contributed by atoms with van der Waals surface area (Å²) in [5.74, 6) is 0.802. The van der Waals surface area contributed by atoms with Crippen LogP contribution in [-0.4, -0.2) is 32.1 Å². The molecule has 2 nitrogen and oxygen atoms in total. The molecule has 0 saturated carbocycles. The zero-order valence-corrected chi connectivity index (χ0v) is 12.3. The first-order valence-electron chi connectivity index (χ1n) is 7.74. The van der Waals surface area contributed by atoms with E-state index >= 15 is 0 Å². The molecule has 1 heterocycles. The van der Waals surface area contributed by atoms with E-state index in [1.807, 2.05) is 0 Å². The first kappa shape index (κ1) is 13.1. The molecule has 1 aliphatic carbocycles. The largest absolute Gasteiger partial charge is 0.317 e. The molecule has 1 aromatic carbocycles. The molecule has 1 atom stereocenters. The minimum Gasteiger partial charge on any atom is -0.317 e. The van der Waals surface area contributed by atoms with E-state index < -0.39 is 0 Å². The number of hydrogen-bond donors (Lipinski definition) is 1. The number of hydrogen-bond acceptors (Lipinski definition) is 2. The highest BCUT2D eigenvalue weighted by Crippen LogP contribution is 2.35. The molecule has 19 heavy (non-hydrogen) atoms. The third-order valence-corrected chi connectivity index (χ3v) is 4.85. The second-order valence-corrected chi connectivity index (χ2v) is 6.38. The monoisotopic (exact) mass is 258 g/mol. The standard InChI is InChI=1S/C17H26N2/c1-19(2)17(14-8-10-18-11-9-14)16-7-6-13-4-3-5-15(13)12-16/h6-7,12,14,17-18H,3-5,8-11H2,1-2H3. The second-order valence-electron chi connectivity index (χ2n) is 6.38. The summed E-state index contributed by atoms with van der Waals surface area (Å²) in [6.07, 6.45) is 6.53. The molecule has 1 N–H and O–H groups in total. The quantitative estimate of drug-likeness (QED) is 0.897. The molecule has 1 unspecified atom stereocenters. The van der Waals surface area contributed by atoms with Crippen LogP contribution in [0.25, 0.3) is 0 Å². The number of fused-ring (bicyclic) bond motifs is 1. The predicted molar refractivity (Wildman–Crippen MR) is 80.5 cm³/mol. The topological polar surface area (TPSA) is 15.3 Å². The first-order chi connectivity index (χ1) is 9.25. The number of aryl methyl sites for hydroxylation is 2. The highest BCUT2D eigenvalue weighted by molar-refractivity contribution is 5.36. The van der Waals surface area contributed by atoms with Crippen LogP contribution in [0, 0.1) is 5.92 Å². The van der Waals surface area contributed by atoms with Gasteiger partial charge >= 0.3 is 0 Å². The minimum absolute atomic E-state index is 0.591. The summed E-state index contributed by atoms with van der Waals surface area (Å²) < 4.78 is 0. The van der Waals surface area contributed by atoms with Crippen molar-refractivity contribution in [2.75, 3.05) is 27.2 Å². The minimum atomic E-state index is 0.591. The molecule has 1 saturated heterocycles. The zero-order valence-electron chi connectivity index (χ0n) is 12.3. The van der Waals surface area contributed by atoms with Crippen molar-refractivity contribution in [1.29, 1.82) is 0 Å². The van der Waals surface area contributed by atoms with Crippen LogP contribution in [0.4, 0.5) is 0 Å². The lowest BCUT2D eigenvalue weighted by Crippen LogP contribution is -2.36. The fourth-order valence-electron chi connectivity index (χ4n) is 3.93. The van der Waals surface area contributed by atoms with E-state index in [-0.39, 0.29) is 0 Å². The summed E-state index contributed by atoms with van der Waals surface area (Å²) in [6, 6.07) is 7.86. The number of nitrogens with one attached hydrogen (secondary N) is 1. The van der Waals surface area contributed by atoms with Crippen LogP contribution in [0.2, 0.25) is 0 Å². The van der Waals surface area contributed by atoms with Gasteiger partial charge in [0.2, 0.25) is 0 Å². The van der Waals surface area contributed by atoms with Gasteiger partial charge in [-0.25, -0.2) is 0 Å². The van der Waals surface area contributed by atoms with E-state index in [0.717, 1.165) is 5.92 Å². The Morgan fingerprint density at radius 1 is 1.11 bits per heavy atom. The van der Waals surface area contributed by atoms with Gasteiger partial charge in [0, 0.05) is 6.04 Å². The van der Waals surface area contributed by atoms with Gasteiger partial charge in [0.1, 0.15) is 0 Å². The summed E-state index contributed by atoms with van der Waals surface area (Å²) in [5, 5.41) is 3.48. The fraction of sp³-hybridized carbons (Fsp3) is 0.647. The molecule has 0 spiro atoms. The molecule has 0 radical (unpaired) electrons. The Bertz CT molecular complexity index is 433. The molecule has 1 aromatic rings. The van der Waals surface area contributed by atoms with Crippen molar-refractivity contribution in [2.24, 2.45) is 5.92 Å². The van der Waals surface area contributed by atoms with Crippen molar-refractivity contribution in [3.63, 3.8) is 0 Å². The van der Waals surface area contributed by atoms with E-state index in [1.54, 1.807) is 11.1 Å². The molecule has 1 fully saturated rings. The molecular weight excluding hydrogens is 232 g/mol. The lowest BCUT2D eigenvalue weighted by molar-refractivity contribution is 0.177. The van der Waals surface area contributed by atoms with Gasteiger partial charge in [-0.2, -0.15) is 0 Å². The lowest BCUT2D eigenvalue weighted by atomic mass is 9.84. The molecule has 3 rings (SSSR count). The van der Waals surface area contributed by atoms with Crippen LogP contribution in [-0.2, 0) is 12.8 Å². The van der Waals surface area contributed by atoms with Crippen LogP contribution in [0.5, 0.6) is 0 Å². The lowest BCUT2D eigenvalue weighted by Gasteiger charge is -2.35. The van der Waals surface area contributed by atoms with Gasteiger partial charge < -0.3 is 10.2 Å². The summed E-state index contributed by atoms with van der Waals surface area (Å²) >= 11 is 0. The SMILES string of the molecule is CN(C)C(c1ccc2c(c1)CCC2)C1CCNCC1. The normalized spacial score (nSPS) is 21.6. The molecule has 0 amide bonds. The maximum Gasteiger partial charge on any atom is 0.0371 e. The highest BCUT2D eigenvalue weighted by atomic mass is 15.1. The van der Waals surface area contributed by atoms with Gasteiger partial charge in [-0.3, -0.25) is 0 Å². The summed E-state index contributed by atoms with van der Waals surface area (Å²) in [5.41, 5.74) is 4.74. The third-order valence-electron chi connectivity index (χ3n) is 4.85. The molecule has 0 bridgehead atoms. The van der Waals surface area contributed by atoms with E-state index in [0.29, 0.717) is 6.04 Å². The maximum absolute atomic E-state index is 3.48. The van der Waals surface area contributed by atoms with Crippen LogP contribution in [0.3, 0.4) is 0 Å². The van der Waals surface area contributed by atoms with E-state index in [9.17, 15) is 0 Å². The summed E-state index contributed by atoms with van der Waals surface area (Å²) in [6.45, 7) is 2.36. The van der Waals surface area contributed by atoms with Crippen LogP contribution < -0.4 is 5.32 Å². The van der Waals surface area contributed by atoms with Gasteiger partial charge in [-0.05, 0) is 81.9 Å². The van der Waals surface area contributed by atoms with Crippen molar-refractivity contribution in [3.05, 3.63) is 34.9 Å². The highest BCUT2D eigenvalue weighted by Gasteiger charge is 2.27. The Morgan fingerprint density at radius 2 is 1.84 bits per heavy atom. The Balaban J connectivity index is 1.87. The predicted octanol–water partition coefficient (Wildman–Crippen LogP) is 2.78. The molecule has 0 aromatic heterocycles. The number of nitrogens with zero attached hydrogens (tertiary/aromatic N) is 1. The van der Waals surface area contributed by atoms with Crippen LogP contribution in [0.1, 0.15) is 42.0 Å². The first-order valence-corrected chi connectivity index (χ1v) is 7.74. The Kier molecular flexibility index (Phi) is 3.90. The average Bonchev–Trinajstić information content (AvgIpc) is 2.87. The molecular formula is C17H26N2. The molecule has 2 aliphatic rings. The summed E-state index contributed by atoms with van der Waals surface area (Å²) in [4.78, 5) is 2.42. The third kappa shape index (κ3) is 2.70. The second kappa shape index (κ2) is 5.64. The zero-order chi connectivity index (χ0) is 13.2. The van der Waals surface area contributed by atoms with Crippen LogP contribution >= 0.6 is 0 Å². The number of rotatable bonds is 3. The van der Waals surface area contributed by atoms with Crippen LogP contribution in [0.15, 0.2) is 18.2 Å². The number of piperidine rings is 1. The van der Waals surface area contributed by atoms with Crippen molar-refractivity contribution in [3.8, 4) is 0 Å². The Hall–Kier alpha value is -0.860. The summed E-state index contributed by atoms with van der Waals surface area (Å²) in [7, 11) is 4.47. The smallest absolute Gasteiger partial charge is 0.0371 e. The molecule has 1 aliphatic heterocycles. The van der Waals surface area contributed by atoms with Gasteiger partial charge in [-0.1, -0.05) is 18.2 Å².